The molecule has 0 radical (unpaired) electrons. The average Bonchev–Trinajstić information content (AvgIpc) is 3.20. The lowest BCUT2D eigenvalue weighted by Gasteiger charge is -2.10. The van der Waals surface area contributed by atoms with Gasteiger partial charge < -0.3 is 10.6 Å². The predicted molar refractivity (Wildman–Crippen MR) is 139 cm³/mol. The number of fused-ring (bicyclic) bond motifs is 1. The number of carbonyl (C=O) groups excluding carboxylic acids is 1. The van der Waals surface area contributed by atoms with E-state index >= 15 is 0 Å². The van der Waals surface area contributed by atoms with E-state index in [4.69, 9.17) is 0 Å². The van der Waals surface area contributed by atoms with Crippen molar-refractivity contribution in [3.8, 4) is 11.1 Å². The molecule has 0 bridgehead atoms. The third-order valence-corrected chi connectivity index (χ3v) is 6.48. The molecule has 1 amide bonds. The zero-order valence-electron chi connectivity index (χ0n) is 18.5. The van der Waals surface area contributed by atoms with Crippen LogP contribution in [-0.4, -0.2) is 15.5 Å². The number of aryl methyl sites for hydroxylation is 1. The van der Waals surface area contributed by atoms with E-state index in [-0.39, 0.29) is 18.0 Å². The third kappa shape index (κ3) is 4.46. The summed E-state index contributed by atoms with van der Waals surface area (Å²) in [4.78, 5) is 32.1. The first-order valence-corrected chi connectivity index (χ1v) is 11.7. The van der Waals surface area contributed by atoms with Crippen molar-refractivity contribution in [3.63, 3.8) is 0 Å². The Morgan fingerprint density at radius 1 is 0.882 bits per heavy atom. The van der Waals surface area contributed by atoms with Gasteiger partial charge in [0.15, 0.2) is 0 Å². The van der Waals surface area contributed by atoms with Crippen LogP contribution in [-0.2, 0) is 11.3 Å². The highest BCUT2D eigenvalue weighted by Gasteiger charge is 2.17. The molecular formula is C27H22N4O2S. The standard InChI is InChI=1S/C27H22N4O2S/c1-18-24(19-8-4-2-5-9-19)25-26(34-18)28-17-31(27(25)33)16-23(32)30-22-14-12-21(13-15-22)29-20-10-6-3-7-11-20/h2-15,17,29H,16H2,1H3,(H,30,32). The van der Waals surface area contributed by atoms with Gasteiger partial charge in [-0.3, -0.25) is 14.2 Å². The highest BCUT2D eigenvalue weighted by Crippen LogP contribution is 2.35. The highest BCUT2D eigenvalue weighted by molar-refractivity contribution is 7.19. The molecule has 0 aliphatic heterocycles. The van der Waals surface area contributed by atoms with Crippen LogP contribution >= 0.6 is 11.3 Å². The van der Waals surface area contributed by atoms with Crippen LogP contribution in [0.2, 0.25) is 0 Å². The van der Waals surface area contributed by atoms with Crippen LogP contribution in [0.15, 0.2) is 96.1 Å². The molecule has 7 heteroatoms. The Bertz CT molecular complexity index is 1510. The van der Waals surface area contributed by atoms with Crippen molar-refractivity contribution in [2.75, 3.05) is 10.6 Å². The van der Waals surface area contributed by atoms with E-state index in [0.717, 1.165) is 27.4 Å². The lowest BCUT2D eigenvalue weighted by Crippen LogP contribution is -2.27. The molecule has 0 fully saturated rings. The number of amides is 1. The summed E-state index contributed by atoms with van der Waals surface area (Å²) in [5.74, 6) is -0.291. The molecule has 0 atom stereocenters. The van der Waals surface area contributed by atoms with E-state index in [2.05, 4.69) is 15.6 Å². The molecule has 0 unspecified atom stereocenters. The van der Waals surface area contributed by atoms with Gasteiger partial charge in [0.05, 0.1) is 11.7 Å². The summed E-state index contributed by atoms with van der Waals surface area (Å²) in [6.45, 7) is 1.87. The van der Waals surface area contributed by atoms with Crippen molar-refractivity contribution < 1.29 is 4.79 Å². The molecule has 0 spiro atoms. The van der Waals surface area contributed by atoms with Gasteiger partial charge in [-0.05, 0) is 48.9 Å². The average molecular weight is 467 g/mol. The maximum Gasteiger partial charge on any atom is 0.263 e. The first-order chi connectivity index (χ1) is 16.6. The second-order valence-electron chi connectivity index (χ2n) is 7.87. The highest BCUT2D eigenvalue weighted by atomic mass is 32.1. The molecule has 0 saturated heterocycles. The Labute approximate surface area is 200 Å². The number of rotatable bonds is 6. The Balaban J connectivity index is 1.34. The number of para-hydroxylation sites is 1. The van der Waals surface area contributed by atoms with Crippen LogP contribution in [0.25, 0.3) is 21.3 Å². The van der Waals surface area contributed by atoms with Gasteiger partial charge in [-0.1, -0.05) is 48.5 Å². The molecule has 2 aromatic heterocycles. The lowest BCUT2D eigenvalue weighted by molar-refractivity contribution is -0.116. The molecule has 5 aromatic rings. The molecule has 3 aromatic carbocycles. The molecular weight excluding hydrogens is 444 g/mol. The Kier molecular flexibility index (Phi) is 5.93. The molecule has 168 valence electrons. The van der Waals surface area contributed by atoms with Crippen molar-refractivity contribution >= 4 is 44.5 Å². The van der Waals surface area contributed by atoms with Crippen LogP contribution in [0.1, 0.15) is 4.88 Å². The molecule has 0 aliphatic rings. The van der Waals surface area contributed by atoms with Gasteiger partial charge >= 0.3 is 0 Å². The minimum atomic E-state index is -0.291. The van der Waals surface area contributed by atoms with E-state index < -0.39 is 0 Å². The number of nitrogens with one attached hydrogen (secondary N) is 2. The predicted octanol–water partition coefficient (Wildman–Crippen LogP) is 5.82. The van der Waals surface area contributed by atoms with Gasteiger partial charge in [0.2, 0.25) is 5.91 Å². The first kappa shape index (κ1) is 21.6. The third-order valence-electron chi connectivity index (χ3n) is 5.46. The Hall–Kier alpha value is -4.23. The lowest BCUT2D eigenvalue weighted by atomic mass is 10.0. The number of aromatic nitrogens is 2. The van der Waals surface area contributed by atoms with E-state index in [1.807, 2.05) is 91.9 Å². The van der Waals surface area contributed by atoms with Gasteiger partial charge in [0.25, 0.3) is 5.56 Å². The molecule has 2 heterocycles. The summed E-state index contributed by atoms with van der Waals surface area (Å²) in [7, 11) is 0. The van der Waals surface area contributed by atoms with E-state index in [9.17, 15) is 9.59 Å². The fourth-order valence-electron chi connectivity index (χ4n) is 3.88. The molecule has 6 nitrogen and oxygen atoms in total. The largest absolute Gasteiger partial charge is 0.356 e. The molecule has 34 heavy (non-hydrogen) atoms. The minimum absolute atomic E-state index is 0.116. The summed E-state index contributed by atoms with van der Waals surface area (Å²) in [5, 5.41) is 6.72. The summed E-state index contributed by atoms with van der Waals surface area (Å²) in [6, 6.07) is 27.1. The number of carbonyl (C=O) groups is 1. The van der Waals surface area contributed by atoms with Crippen LogP contribution in [0.5, 0.6) is 0 Å². The van der Waals surface area contributed by atoms with Crippen molar-refractivity contribution in [1.29, 1.82) is 0 Å². The van der Waals surface area contributed by atoms with Crippen LogP contribution in [0.3, 0.4) is 0 Å². The molecule has 0 aliphatic carbocycles. The topological polar surface area (TPSA) is 76.0 Å². The fraction of sp³-hybridized carbons (Fsp3) is 0.0741. The van der Waals surface area contributed by atoms with Crippen molar-refractivity contribution in [2.24, 2.45) is 0 Å². The van der Waals surface area contributed by atoms with Gasteiger partial charge in [-0.25, -0.2) is 4.98 Å². The molecule has 5 rings (SSSR count). The van der Waals surface area contributed by atoms with Gasteiger partial charge in [0.1, 0.15) is 11.4 Å². The maximum absolute atomic E-state index is 13.3. The normalized spacial score (nSPS) is 10.9. The number of thiophene rings is 1. The first-order valence-electron chi connectivity index (χ1n) is 10.8. The molecule has 0 saturated carbocycles. The quantitative estimate of drug-likeness (QED) is 0.331. The molecule has 2 N–H and O–H groups in total. The van der Waals surface area contributed by atoms with Crippen LogP contribution < -0.4 is 16.2 Å². The minimum Gasteiger partial charge on any atom is -0.356 e. The van der Waals surface area contributed by atoms with Crippen molar-refractivity contribution in [1.82, 2.24) is 9.55 Å². The Morgan fingerprint density at radius 3 is 2.21 bits per heavy atom. The van der Waals surface area contributed by atoms with E-state index in [1.54, 1.807) is 0 Å². The van der Waals surface area contributed by atoms with Gasteiger partial charge in [0, 0.05) is 27.5 Å². The smallest absolute Gasteiger partial charge is 0.263 e. The second kappa shape index (κ2) is 9.33. The Morgan fingerprint density at radius 2 is 1.50 bits per heavy atom. The SMILES string of the molecule is Cc1sc2ncn(CC(=O)Nc3ccc(Nc4ccccc4)cc3)c(=O)c2c1-c1ccccc1. The van der Waals surface area contributed by atoms with Crippen LogP contribution in [0, 0.1) is 6.92 Å². The number of hydrogen-bond acceptors (Lipinski definition) is 5. The fourth-order valence-corrected chi connectivity index (χ4v) is 4.89. The van der Waals surface area contributed by atoms with Gasteiger partial charge in [-0.15, -0.1) is 11.3 Å². The monoisotopic (exact) mass is 466 g/mol. The van der Waals surface area contributed by atoms with Crippen molar-refractivity contribution in [3.05, 3.63) is 106 Å². The van der Waals surface area contributed by atoms with E-state index in [1.165, 1.54) is 22.2 Å². The number of hydrogen-bond donors (Lipinski definition) is 2. The maximum atomic E-state index is 13.3. The number of nitrogens with zero attached hydrogens (tertiary/aromatic N) is 2. The number of anilines is 3. The summed E-state index contributed by atoms with van der Waals surface area (Å²) < 4.78 is 1.36. The van der Waals surface area contributed by atoms with Gasteiger partial charge in [-0.2, -0.15) is 0 Å². The van der Waals surface area contributed by atoms with Crippen molar-refractivity contribution in [2.45, 2.75) is 13.5 Å². The second-order valence-corrected chi connectivity index (χ2v) is 9.08. The zero-order chi connectivity index (χ0) is 23.5. The van der Waals surface area contributed by atoms with E-state index in [0.29, 0.717) is 15.9 Å². The number of benzene rings is 3. The summed E-state index contributed by atoms with van der Waals surface area (Å²) in [5.41, 5.74) is 4.19. The summed E-state index contributed by atoms with van der Waals surface area (Å²) >= 11 is 1.49. The summed E-state index contributed by atoms with van der Waals surface area (Å²) in [6.07, 6.45) is 1.45. The zero-order valence-corrected chi connectivity index (χ0v) is 19.3. The van der Waals surface area contributed by atoms with Crippen LogP contribution in [0.4, 0.5) is 17.1 Å².